The van der Waals surface area contributed by atoms with Crippen LogP contribution >= 0.6 is 0 Å². The van der Waals surface area contributed by atoms with Gasteiger partial charge in [0.2, 0.25) is 5.91 Å². The summed E-state index contributed by atoms with van der Waals surface area (Å²) in [7, 11) is 0. The molecule has 25 heavy (non-hydrogen) atoms. The minimum Gasteiger partial charge on any atom is -0.306 e. The number of aromatic nitrogens is 3. The van der Waals surface area contributed by atoms with Crippen molar-refractivity contribution in [3.63, 3.8) is 0 Å². The molecule has 0 bridgehead atoms. The van der Waals surface area contributed by atoms with E-state index in [-0.39, 0.29) is 18.3 Å². The summed E-state index contributed by atoms with van der Waals surface area (Å²) in [5.41, 5.74) is 2.94. The van der Waals surface area contributed by atoms with E-state index in [1.165, 1.54) is 11.0 Å². The quantitative estimate of drug-likeness (QED) is 0.720. The molecule has 0 saturated carbocycles. The SMILES string of the molecule is Cc1cccc(N(Cc2ccccc2)C(=O)Cn2cnc(C#N)n2)c1. The lowest BCUT2D eigenvalue weighted by atomic mass is 10.1. The molecule has 6 heteroatoms. The molecule has 0 unspecified atom stereocenters. The summed E-state index contributed by atoms with van der Waals surface area (Å²) in [6.07, 6.45) is 1.40. The Morgan fingerprint density at radius 1 is 1.20 bits per heavy atom. The van der Waals surface area contributed by atoms with Gasteiger partial charge in [0, 0.05) is 5.69 Å². The number of aryl methyl sites for hydroxylation is 1. The summed E-state index contributed by atoms with van der Waals surface area (Å²) in [6.45, 7) is 2.48. The van der Waals surface area contributed by atoms with Crippen molar-refractivity contribution in [2.75, 3.05) is 4.90 Å². The summed E-state index contributed by atoms with van der Waals surface area (Å²) >= 11 is 0. The van der Waals surface area contributed by atoms with E-state index in [1.54, 1.807) is 4.90 Å². The molecule has 0 aliphatic heterocycles. The molecular formula is C19H17N5O. The van der Waals surface area contributed by atoms with Gasteiger partial charge in [-0.15, -0.1) is 5.10 Å². The first-order valence-electron chi connectivity index (χ1n) is 7.86. The molecule has 0 spiro atoms. The predicted molar refractivity (Wildman–Crippen MR) is 93.5 cm³/mol. The van der Waals surface area contributed by atoms with Crippen molar-refractivity contribution < 1.29 is 4.79 Å². The van der Waals surface area contributed by atoms with E-state index in [2.05, 4.69) is 10.1 Å². The van der Waals surface area contributed by atoms with Crippen LogP contribution in [0, 0.1) is 18.3 Å². The number of anilines is 1. The third-order valence-corrected chi connectivity index (χ3v) is 3.73. The fourth-order valence-corrected chi connectivity index (χ4v) is 2.53. The number of nitrogens with zero attached hydrogens (tertiary/aromatic N) is 5. The highest BCUT2D eigenvalue weighted by Gasteiger charge is 2.17. The minimum absolute atomic E-state index is 0.0233. The second-order valence-corrected chi connectivity index (χ2v) is 5.68. The monoisotopic (exact) mass is 331 g/mol. The van der Waals surface area contributed by atoms with Crippen molar-refractivity contribution in [1.29, 1.82) is 5.26 Å². The molecule has 1 heterocycles. The predicted octanol–water partition coefficient (Wildman–Crippen LogP) is 2.69. The Kier molecular flexibility index (Phi) is 4.86. The van der Waals surface area contributed by atoms with Crippen LogP contribution < -0.4 is 4.90 Å². The molecule has 0 aliphatic rings. The van der Waals surface area contributed by atoms with Gasteiger partial charge in [-0.2, -0.15) is 5.26 Å². The van der Waals surface area contributed by atoms with Crippen molar-refractivity contribution in [1.82, 2.24) is 14.8 Å². The first-order valence-corrected chi connectivity index (χ1v) is 7.86. The Morgan fingerprint density at radius 2 is 2.00 bits per heavy atom. The standard InChI is InChI=1S/C19H17N5O/c1-15-6-5-9-17(10-15)24(12-16-7-3-2-4-8-16)19(25)13-23-14-21-18(11-20)22-23/h2-10,14H,12-13H2,1H3. The zero-order chi connectivity index (χ0) is 17.6. The van der Waals surface area contributed by atoms with E-state index in [9.17, 15) is 4.79 Å². The van der Waals surface area contributed by atoms with Crippen LogP contribution in [-0.4, -0.2) is 20.7 Å². The van der Waals surface area contributed by atoms with Crippen LogP contribution in [-0.2, 0) is 17.9 Å². The molecule has 0 radical (unpaired) electrons. The molecule has 124 valence electrons. The van der Waals surface area contributed by atoms with E-state index in [0.29, 0.717) is 6.54 Å². The van der Waals surface area contributed by atoms with Gasteiger partial charge in [0.1, 0.15) is 18.9 Å². The van der Waals surface area contributed by atoms with Crippen molar-refractivity contribution in [2.45, 2.75) is 20.0 Å². The molecule has 0 N–H and O–H groups in total. The molecule has 0 aliphatic carbocycles. The van der Waals surface area contributed by atoms with E-state index >= 15 is 0 Å². The highest BCUT2D eigenvalue weighted by atomic mass is 16.2. The molecule has 0 saturated heterocycles. The topological polar surface area (TPSA) is 74.8 Å². The van der Waals surface area contributed by atoms with Crippen LogP contribution in [0.5, 0.6) is 0 Å². The van der Waals surface area contributed by atoms with Crippen LogP contribution in [0.15, 0.2) is 60.9 Å². The van der Waals surface area contributed by atoms with E-state index in [0.717, 1.165) is 16.8 Å². The maximum absolute atomic E-state index is 12.9. The average molecular weight is 331 g/mol. The fourth-order valence-electron chi connectivity index (χ4n) is 2.53. The normalized spacial score (nSPS) is 10.2. The van der Waals surface area contributed by atoms with Gasteiger partial charge in [-0.1, -0.05) is 42.5 Å². The summed E-state index contributed by atoms with van der Waals surface area (Å²) in [4.78, 5) is 18.4. The number of carbonyl (C=O) groups is 1. The Labute approximate surface area is 146 Å². The third-order valence-electron chi connectivity index (χ3n) is 3.73. The first-order chi connectivity index (χ1) is 12.2. The minimum atomic E-state index is -0.121. The van der Waals surface area contributed by atoms with Gasteiger partial charge in [0.25, 0.3) is 5.82 Å². The molecule has 2 aromatic carbocycles. The zero-order valence-corrected chi connectivity index (χ0v) is 13.8. The lowest BCUT2D eigenvalue weighted by molar-refractivity contribution is -0.119. The molecule has 0 atom stereocenters. The lowest BCUT2D eigenvalue weighted by Gasteiger charge is -2.23. The largest absolute Gasteiger partial charge is 0.306 e. The van der Waals surface area contributed by atoms with E-state index in [1.807, 2.05) is 67.6 Å². The number of rotatable bonds is 5. The van der Waals surface area contributed by atoms with Crippen molar-refractivity contribution in [2.24, 2.45) is 0 Å². The number of nitriles is 1. The first kappa shape index (κ1) is 16.4. The summed E-state index contributed by atoms with van der Waals surface area (Å²) in [6, 6.07) is 19.5. The van der Waals surface area contributed by atoms with Gasteiger partial charge in [-0.3, -0.25) is 4.79 Å². The molecule has 6 nitrogen and oxygen atoms in total. The smallest absolute Gasteiger partial charge is 0.252 e. The number of benzene rings is 2. The third kappa shape index (κ3) is 4.09. The number of hydrogen-bond donors (Lipinski definition) is 0. The Morgan fingerprint density at radius 3 is 2.68 bits per heavy atom. The number of hydrogen-bond acceptors (Lipinski definition) is 4. The van der Waals surface area contributed by atoms with Gasteiger partial charge in [-0.05, 0) is 30.2 Å². The van der Waals surface area contributed by atoms with Crippen molar-refractivity contribution >= 4 is 11.6 Å². The highest BCUT2D eigenvalue weighted by molar-refractivity contribution is 5.93. The lowest BCUT2D eigenvalue weighted by Crippen LogP contribution is -2.33. The van der Waals surface area contributed by atoms with Crippen LogP contribution in [0.4, 0.5) is 5.69 Å². The van der Waals surface area contributed by atoms with Crippen molar-refractivity contribution in [3.8, 4) is 6.07 Å². The van der Waals surface area contributed by atoms with Crippen LogP contribution in [0.3, 0.4) is 0 Å². The average Bonchev–Trinajstić information content (AvgIpc) is 3.08. The summed E-state index contributed by atoms with van der Waals surface area (Å²) in [5.74, 6) is -0.0678. The molecule has 0 fully saturated rings. The Balaban J connectivity index is 1.87. The maximum atomic E-state index is 12.9. The van der Waals surface area contributed by atoms with E-state index in [4.69, 9.17) is 5.26 Å². The Bertz CT molecular complexity index is 911. The molecule has 1 amide bonds. The summed E-state index contributed by atoms with van der Waals surface area (Å²) < 4.78 is 1.38. The van der Waals surface area contributed by atoms with Gasteiger partial charge in [0.15, 0.2) is 0 Å². The highest BCUT2D eigenvalue weighted by Crippen LogP contribution is 2.19. The van der Waals surface area contributed by atoms with Crippen LogP contribution in [0.2, 0.25) is 0 Å². The van der Waals surface area contributed by atoms with Crippen LogP contribution in [0.25, 0.3) is 0 Å². The molecule has 1 aromatic heterocycles. The van der Waals surface area contributed by atoms with Gasteiger partial charge < -0.3 is 4.90 Å². The zero-order valence-electron chi connectivity index (χ0n) is 13.8. The second kappa shape index (κ2) is 7.41. The van der Waals surface area contributed by atoms with Crippen molar-refractivity contribution in [3.05, 3.63) is 77.9 Å². The number of carbonyl (C=O) groups excluding carboxylic acids is 1. The maximum Gasteiger partial charge on any atom is 0.252 e. The fraction of sp³-hybridized carbons (Fsp3) is 0.158. The number of amides is 1. The second-order valence-electron chi connectivity index (χ2n) is 5.68. The molecular weight excluding hydrogens is 314 g/mol. The van der Waals surface area contributed by atoms with Crippen LogP contribution in [0.1, 0.15) is 17.0 Å². The Hall–Kier alpha value is -3.46. The van der Waals surface area contributed by atoms with Gasteiger partial charge >= 0.3 is 0 Å². The van der Waals surface area contributed by atoms with E-state index < -0.39 is 0 Å². The molecule has 3 rings (SSSR count). The van der Waals surface area contributed by atoms with Gasteiger partial charge in [0.05, 0.1) is 6.54 Å². The summed E-state index contributed by atoms with van der Waals surface area (Å²) in [5, 5.41) is 12.8. The van der Waals surface area contributed by atoms with Gasteiger partial charge in [-0.25, -0.2) is 9.67 Å². The molecule has 3 aromatic rings.